The van der Waals surface area contributed by atoms with Gasteiger partial charge in [-0.05, 0) is 31.9 Å². The number of nitrogens with zero attached hydrogens (tertiary/aromatic N) is 3. The predicted molar refractivity (Wildman–Crippen MR) is 77.0 cm³/mol. The third kappa shape index (κ3) is 2.67. The zero-order chi connectivity index (χ0) is 13.5. The molecule has 1 aromatic carbocycles. The Balaban J connectivity index is 1.70. The van der Waals surface area contributed by atoms with E-state index < -0.39 is 5.54 Å². The van der Waals surface area contributed by atoms with Gasteiger partial charge in [0.05, 0.1) is 18.3 Å². The summed E-state index contributed by atoms with van der Waals surface area (Å²) in [7, 11) is 0. The SMILES string of the molecule is CC(C)(N)c1cn(CC2Cc3ccccc3S2)nn1. The van der Waals surface area contributed by atoms with Crippen molar-refractivity contribution < 1.29 is 0 Å². The third-order valence-electron chi connectivity index (χ3n) is 3.30. The molecular formula is C14H18N4S. The smallest absolute Gasteiger partial charge is 0.102 e. The van der Waals surface area contributed by atoms with Crippen LogP contribution in [0.1, 0.15) is 25.1 Å². The van der Waals surface area contributed by atoms with Gasteiger partial charge in [-0.15, -0.1) is 16.9 Å². The topological polar surface area (TPSA) is 56.7 Å². The Bertz CT molecular complexity index is 560. The summed E-state index contributed by atoms with van der Waals surface area (Å²) in [4.78, 5) is 1.40. The first kappa shape index (κ1) is 12.7. The van der Waals surface area contributed by atoms with Gasteiger partial charge >= 0.3 is 0 Å². The Labute approximate surface area is 117 Å². The van der Waals surface area contributed by atoms with E-state index in [1.54, 1.807) is 0 Å². The van der Waals surface area contributed by atoms with Crippen LogP contribution in [-0.2, 0) is 18.5 Å². The molecule has 5 heteroatoms. The van der Waals surface area contributed by atoms with Crippen LogP contribution in [0.5, 0.6) is 0 Å². The monoisotopic (exact) mass is 274 g/mol. The first-order valence-corrected chi connectivity index (χ1v) is 7.34. The molecule has 2 heterocycles. The average molecular weight is 274 g/mol. The van der Waals surface area contributed by atoms with Crippen molar-refractivity contribution in [2.24, 2.45) is 5.73 Å². The standard InChI is InChI=1S/C14H18N4S/c1-14(2,15)13-9-18(17-16-13)8-11-7-10-5-3-4-6-12(10)19-11/h3-6,9,11H,7-8,15H2,1-2H3. The largest absolute Gasteiger partial charge is 0.320 e. The predicted octanol–water partition coefficient (Wildman–Crippen LogP) is 2.19. The van der Waals surface area contributed by atoms with Gasteiger partial charge in [0, 0.05) is 10.1 Å². The lowest BCUT2D eigenvalue weighted by Gasteiger charge is -2.13. The molecule has 1 aliphatic heterocycles. The molecule has 0 saturated carbocycles. The van der Waals surface area contributed by atoms with E-state index in [4.69, 9.17) is 5.73 Å². The van der Waals surface area contributed by atoms with E-state index in [9.17, 15) is 0 Å². The van der Waals surface area contributed by atoms with Gasteiger partial charge in [0.2, 0.25) is 0 Å². The summed E-state index contributed by atoms with van der Waals surface area (Å²) >= 11 is 1.93. The lowest BCUT2D eigenvalue weighted by Crippen LogP contribution is -2.29. The lowest BCUT2D eigenvalue weighted by atomic mass is 10.0. The second-order valence-electron chi connectivity index (χ2n) is 5.60. The van der Waals surface area contributed by atoms with Crippen molar-refractivity contribution in [3.05, 3.63) is 41.7 Å². The van der Waals surface area contributed by atoms with E-state index in [1.807, 2.05) is 36.5 Å². The van der Waals surface area contributed by atoms with Gasteiger partial charge in [-0.1, -0.05) is 23.4 Å². The highest BCUT2D eigenvalue weighted by Crippen LogP contribution is 2.37. The van der Waals surface area contributed by atoms with E-state index in [2.05, 4.69) is 34.6 Å². The third-order valence-corrected chi connectivity index (χ3v) is 4.60. The Morgan fingerprint density at radius 3 is 2.89 bits per heavy atom. The van der Waals surface area contributed by atoms with Crippen LogP contribution in [0.15, 0.2) is 35.4 Å². The average Bonchev–Trinajstić information content (AvgIpc) is 2.94. The summed E-state index contributed by atoms with van der Waals surface area (Å²) < 4.78 is 1.91. The van der Waals surface area contributed by atoms with Gasteiger partial charge in [-0.25, -0.2) is 0 Å². The fourth-order valence-corrected chi connectivity index (χ4v) is 3.56. The van der Waals surface area contributed by atoms with Crippen LogP contribution in [0.3, 0.4) is 0 Å². The fourth-order valence-electron chi connectivity index (χ4n) is 2.25. The van der Waals surface area contributed by atoms with E-state index in [0.717, 1.165) is 18.7 Å². The van der Waals surface area contributed by atoms with Crippen LogP contribution >= 0.6 is 11.8 Å². The Morgan fingerprint density at radius 2 is 2.21 bits per heavy atom. The molecule has 0 aliphatic carbocycles. The van der Waals surface area contributed by atoms with Crippen molar-refractivity contribution in [3.63, 3.8) is 0 Å². The number of fused-ring (bicyclic) bond motifs is 1. The number of rotatable bonds is 3. The number of nitrogens with two attached hydrogens (primary N) is 1. The van der Waals surface area contributed by atoms with Crippen molar-refractivity contribution in [1.29, 1.82) is 0 Å². The molecule has 19 heavy (non-hydrogen) atoms. The van der Waals surface area contributed by atoms with Gasteiger partial charge in [-0.2, -0.15) is 0 Å². The molecule has 1 unspecified atom stereocenters. The van der Waals surface area contributed by atoms with Crippen molar-refractivity contribution in [3.8, 4) is 0 Å². The van der Waals surface area contributed by atoms with Gasteiger partial charge in [0.1, 0.15) is 5.69 Å². The first-order valence-electron chi connectivity index (χ1n) is 6.46. The van der Waals surface area contributed by atoms with E-state index in [-0.39, 0.29) is 0 Å². The van der Waals surface area contributed by atoms with Crippen LogP contribution in [0, 0.1) is 0 Å². The highest BCUT2D eigenvalue weighted by atomic mass is 32.2. The molecule has 100 valence electrons. The second kappa shape index (κ2) is 4.65. The lowest BCUT2D eigenvalue weighted by molar-refractivity contribution is 0.533. The van der Waals surface area contributed by atoms with Crippen molar-refractivity contribution in [1.82, 2.24) is 15.0 Å². The summed E-state index contributed by atoms with van der Waals surface area (Å²) in [6.07, 6.45) is 3.06. The van der Waals surface area contributed by atoms with Gasteiger partial charge in [0.25, 0.3) is 0 Å². The molecular weight excluding hydrogens is 256 g/mol. The van der Waals surface area contributed by atoms with Crippen LogP contribution in [0.25, 0.3) is 0 Å². The van der Waals surface area contributed by atoms with Crippen molar-refractivity contribution in [2.45, 2.75) is 42.5 Å². The quantitative estimate of drug-likeness (QED) is 0.932. The van der Waals surface area contributed by atoms with E-state index >= 15 is 0 Å². The molecule has 2 N–H and O–H groups in total. The van der Waals surface area contributed by atoms with Gasteiger partial charge in [-0.3, -0.25) is 4.68 Å². The van der Waals surface area contributed by atoms with Crippen molar-refractivity contribution in [2.75, 3.05) is 0 Å². The minimum absolute atomic E-state index is 0.427. The van der Waals surface area contributed by atoms with Gasteiger partial charge in [0.15, 0.2) is 0 Å². The molecule has 1 aromatic heterocycles. The summed E-state index contributed by atoms with van der Waals surface area (Å²) in [5.41, 5.74) is 7.88. The van der Waals surface area contributed by atoms with E-state index in [0.29, 0.717) is 5.25 Å². The summed E-state index contributed by atoms with van der Waals surface area (Å²) in [5, 5.41) is 8.87. The molecule has 0 amide bonds. The molecule has 4 nitrogen and oxygen atoms in total. The Morgan fingerprint density at radius 1 is 1.42 bits per heavy atom. The molecule has 1 aliphatic rings. The van der Waals surface area contributed by atoms with Crippen LogP contribution in [0.4, 0.5) is 0 Å². The van der Waals surface area contributed by atoms with Crippen molar-refractivity contribution >= 4 is 11.8 Å². The molecule has 1 atom stereocenters. The normalized spacial score (nSPS) is 18.6. The summed E-state index contributed by atoms with van der Waals surface area (Å²) in [6, 6.07) is 8.60. The molecule has 0 spiro atoms. The number of aromatic nitrogens is 3. The second-order valence-corrected chi connectivity index (χ2v) is 6.94. The van der Waals surface area contributed by atoms with Gasteiger partial charge < -0.3 is 5.73 Å². The molecule has 0 fully saturated rings. The number of benzene rings is 1. The Hall–Kier alpha value is -1.33. The summed E-state index contributed by atoms with van der Waals surface area (Å²) in [6.45, 7) is 4.77. The highest BCUT2D eigenvalue weighted by molar-refractivity contribution is 8.00. The minimum atomic E-state index is -0.427. The maximum Gasteiger partial charge on any atom is 0.102 e. The molecule has 3 rings (SSSR count). The summed E-state index contributed by atoms with van der Waals surface area (Å²) in [5.74, 6) is 0. The number of hydrogen-bond donors (Lipinski definition) is 1. The maximum absolute atomic E-state index is 6.03. The highest BCUT2D eigenvalue weighted by Gasteiger charge is 2.24. The molecule has 2 aromatic rings. The zero-order valence-electron chi connectivity index (χ0n) is 11.2. The van der Waals surface area contributed by atoms with Crippen LogP contribution < -0.4 is 5.73 Å². The Kier molecular flexibility index (Phi) is 3.11. The van der Waals surface area contributed by atoms with Crippen LogP contribution in [0.2, 0.25) is 0 Å². The molecule has 0 saturated heterocycles. The fraction of sp³-hybridized carbons (Fsp3) is 0.429. The number of thioether (sulfide) groups is 1. The molecule has 0 radical (unpaired) electrons. The molecule has 0 bridgehead atoms. The van der Waals surface area contributed by atoms with E-state index in [1.165, 1.54) is 10.5 Å². The maximum atomic E-state index is 6.03. The number of hydrogen-bond acceptors (Lipinski definition) is 4. The van der Waals surface area contributed by atoms with Crippen LogP contribution in [-0.4, -0.2) is 20.2 Å². The first-order chi connectivity index (χ1) is 9.02. The zero-order valence-corrected chi connectivity index (χ0v) is 12.0. The minimum Gasteiger partial charge on any atom is -0.320 e.